The van der Waals surface area contributed by atoms with Gasteiger partial charge < -0.3 is 15.0 Å². The number of carbonyl (C=O) groups is 1. The molecule has 2 fully saturated rings. The zero-order chi connectivity index (χ0) is 11.4. The summed E-state index contributed by atoms with van der Waals surface area (Å²) in [5, 5.41) is 3.36. The minimum Gasteiger partial charge on any atom is -0.381 e. The van der Waals surface area contributed by atoms with Crippen molar-refractivity contribution in [3.05, 3.63) is 0 Å². The average molecular weight is 226 g/mol. The number of amides is 1. The van der Waals surface area contributed by atoms with Gasteiger partial charge in [-0.25, -0.2) is 0 Å². The first-order valence-electron chi connectivity index (χ1n) is 6.31. The monoisotopic (exact) mass is 226 g/mol. The van der Waals surface area contributed by atoms with Crippen LogP contribution >= 0.6 is 0 Å². The lowest BCUT2D eigenvalue weighted by molar-refractivity contribution is -0.130. The van der Waals surface area contributed by atoms with E-state index in [4.69, 9.17) is 4.74 Å². The van der Waals surface area contributed by atoms with Crippen LogP contribution < -0.4 is 5.32 Å². The van der Waals surface area contributed by atoms with E-state index >= 15 is 0 Å². The van der Waals surface area contributed by atoms with Crippen LogP contribution in [-0.2, 0) is 9.53 Å². The van der Waals surface area contributed by atoms with Crippen molar-refractivity contribution in [2.24, 2.45) is 5.92 Å². The van der Waals surface area contributed by atoms with E-state index in [1.807, 2.05) is 11.9 Å². The Balaban J connectivity index is 1.70. The van der Waals surface area contributed by atoms with Crippen LogP contribution in [0.15, 0.2) is 0 Å². The molecule has 2 rings (SSSR count). The summed E-state index contributed by atoms with van der Waals surface area (Å²) >= 11 is 0. The molecule has 92 valence electrons. The third kappa shape index (κ3) is 3.19. The standard InChI is InChI=1S/C12H22N2O2/c1-14(8-10-4-6-16-9-10)12(15)7-11-3-2-5-13-11/h10-11,13H,2-9H2,1H3. The van der Waals surface area contributed by atoms with Crippen molar-refractivity contribution in [2.75, 3.05) is 33.4 Å². The van der Waals surface area contributed by atoms with Crippen LogP contribution in [0.25, 0.3) is 0 Å². The second kappa shape index (κ2) is 5.64. The third-order valence-electron chi connectivity index (χ3n) is 3.57. The molecular weight excluding hydrogens is 204 g/mol. The van der Waals surface area contributed by atoms with Gasteiger partial charge in [0.05, 0.1) is 6.61 Å². The van der Waals surface area contributed by atoms with E-state index in [0.717, 1.165) is 39.1 Å². The maximum absolute atomic E-state index is 11.9. The molecule has 0 saturated carbocycles. The summed E-state index contributed by atoms with van der Waals surface area (Å²) in [5.74, 6) is 0.816. The highest BCUT2D eigenvalue weighted by atomic mass is 16.5. The number of carbonyl (C=O) groups excluding carboxylic acids is 1. The Labute approximate surface area is 97.3 Å². The molecule has 0 spiro atoms. The first kappa shape index (κ1) is 11.9. The van der Waals surface area contributed by atoms with E-state index in [9.17, 15) is 4.79 Å². The minimum atomic E-state index is 0.270. The zero-order valence-electron chi connectivity index (χ0n) is 10.1. The molecule has 2 atom stereocenters. The van der Waals surface area contributed by atoms with E-state index in [0.29, 0.717) is 18.4 Å². The van der Waals surface area contributed by atoms with Crippen molar-refractivity contribution < 1.29 is 9.53 Å². The Kier molecular flexibility index (Phi) is 4.18. The highest BCUT2D eigenvalue weighted by Gasteiger charge is 2.23. The average Bonchev–Trinajstić information content (AvgIpc) is 2.90. The third-order valence-corrected chi connectivity index (χ3v) is 3.57. The summed E-state index contributed by atoms with van der Waals surface area (Å²) in [6.45, 7) is 3.60. The van der Waals surface area contributed by atoms with Gasteiger partial charge in [0.15, 0.2) is 0 Å². The molecule has 2 unspecified atom stereocenters. The van der Waals surface area contributed by atoms with Crippen molar-refractivity contribution in [1.82, 2.24) is 10.2 Å². The topological polar surface area (TPSA) is 41.6 Å². The van der Waals surface area contributed by atoms with E-state index < -0.39 is 0 Å². The molecule has 1 amide bonds. The van der Waals surface area contributed by atoms with Gasteiger partial charge in [-0.1, -0.05) is 0 Å². The van der Waals surface area contributed by atoms with Gasteiger partial charge in [0.25, 0.3) is 0 Å². The predicted molar refractivity (Wildman–Crippen MR) is 62.2 cm³/mol. The maximum atomic E-state index is 11.9. The molecule has 0 aliphatic carbocycles. The van der Waals surface area contributed by atoms with Gasteiger partial charge in [0.1, 0.15) is 0 Å². The maximum Gasteiger partial charge on any atom is 0.223 e. The second-order valence-electron chi connectivity index (χ2n) is 5.00. The molecule has 0 aromatic heterocycles. The number of ether oxygens (including phenoxy) is 1. The minimum absolute atomic E-state index is 0.270. The van der Waals surface area contributed by atoms with Crippen LogP contribution in [0.5, 0.6) is 0 Å². The number of rotatable bonds is 4. The van der Waals surface area contributed by atoms with Crippen LogP contribution in [0.3, 0.4) is 0 Å². The first-order chi connectivity index (χ1) is 7.75. The van der Waals surface area contributed by atoms with Gasteiger partial charge in [0.2, 0.25) is 5.91 Å². The Morgan fingerprint density at radius 2 is 2.38 bits per heavy atom. The summed E-state index contributed by atoms with van der Waals surface area (Å²) in [6, 6.07) is 0.412. The molecule has 0 bridgehead atoms. The van der Waals surface area contributed by atoms with Crippen LogP contribution in [0, 0.1) is 5.92 Å². The van der Waals surface area contributed by atoms with Crippen molar-refractivity contribution in [2.45, 2.75) is 31.7 Å². The molecule has 4 heteroatoms. The lowest BCUT2D eigenvalue weighted by Gasteiger charge is -2.22. The Bertz CT molecular complexity index is 233. The van der Waals surface area contributed by atoms with E-state index in [2.05, 4.69) is 5.32 Å². The van der Waals surface area contributed by atoms with Gasteiger partial charge in [-0.05, 0) is 25.8 Å². The molecule has 0 aromatic carbocycles. The summed E-state index contributed by atoms with van der Waals surface area (Å²) in [4.78, 5) is 13.8. The summed E-state index contributed by atoms with van der Waals surface area (Å²) in [6.07, 6.45) is 4.10. The molecule has 2 aliphatic heterocycles. The smallest absolute Gasteiger partial charge is 0.223 e. The molecule has 1 N–H and O–H groups in total. The fourth-order valence-electron chi connectivity index (χ4n) is 2.51. The number of nitrogens with one attached hydrogen (secondary N) is 1. The molecular formula is C12H22N2O2. The fraction of sp³-hybridized carbons (Fsp3) is 0.917. The zero-order valence-corrected chi connectivity index (χ0v) is 10.1. The quantitative estimate of drug-likeness (QED) is 0.764. The Hall–Kier alpha value is -0.610. The normalized spacial score (nSPS) is 29.6. The second-order valence-corrected chi connectivity index (χ2v) is 5.00. The summed E-state index contributed by atoms with van der Waals surface area (Å²) in [7, 11) is 1.91. The van der Waals surface area contributed by atoms with Crippen LogP contribution in [0.2, 0.25) is 0 Å². The fourth-order valence-corrected chi connectivity index (χ4v) is 2.51. The van der Waals surface area contributed by atoms with Gasteiger partial charge in [-0.15, -0.1) is 0 Å². The Morgan fingerprint density at radius 1 is 1.50 bits per heavy atom. The number of hydrogen-bond acceptors (Lipinski definition) is 3. The molecule has 16 heavy (non-hydrogen) atoms. The molecule has 0 radical (unpaired) electrons. The summed E-state index contributed by atoms with van der Waals surface area (Å²) < 4.78 is 5.32. The molecule has 2 heterocycles. The van der Waals surface area contributed by atoms with Crippen molar-refractivity contribution >= 4 is 5.91 Å². The number of nitrogens with zero attached hydrogens (tertiary/aromatic N) is 1. The molecule has 2 aliphatic rings. The van der Waals surface area contributed by atoms with E-state index in [1.54, 1.807) is 0 Å². The van der Waals surface area contributed by atoms with Crippen LogP contribution in [0.4, 0.5) is 0 Å². The highest BCUT2D eigenvalue weighted by molar-refractivity contribution is 5.76. The SMILES string of the molecule is CN(CC1CCOC1)C(=O)CC1CCCN1. The largest absolute Gasteiger partial charge is 0.381 e. The van der Waals surface area contributed by atoms with Crippen molar-refractivity contribution in [3.63, 3.8) is 0 Å². The van der Waals surface area contributed by atoms with Gasteiger partial charge in [0, 0.05) is 38.6 Å². The lowest BCUT2D eigenvalue weighted by atomic mass is 10.1. The predicted octanol–water partition coefficient (Wildman–Crippen LogP) is 0.623. The van der Waals surface area contributed by atoms with Gasteiger partial charge in [-0.3, -0.25) is 4.79 Å². The summed E-state index contributed by atoms with van der Waals surface area (Å²) in [5.41, 5.74) is 0. The van der Waals surface area contributed by atoms with Crippen molar-refractivity contribution in [3.8, 4) is 0 Å². The van der Waals surface area contributed by atoms with Gasteiger partial charge >= 0.3 is 0 Å². The highest BCUT2D eigenvalue weighted by Crippen LogP contribution is 2.15. The molecule has 2 saturated heterocycles. The van der Waals surface area contributed by atoms with E-state index in [-0.39, 0.29) is 5.91 Å². The molecule has 4 nitrogen and oxygen atoms in total. The first-order valence-corrected chi connectivity index (χ1v) is 6.31. The van der Waals surface area contributed by atoms with Crippen LogP contribution in [0.1, 0.15) is 25.7 Å². The van der Waals surface area contributed by atoms with Gasteiger partial charge in [-0.2, -0.15) is 0 Å². The van der Waals surface area contributed by atoms with E-state index in [1.165, 1.54) is 6.42 Å². The Morgan fingerprint density at radius 3 is 3.00 bits per heavy atom. The molecule has 0 aromatic rings. The van der Waals surface area contributed by atoms with Crippen molar-refractivity contribution in [1.29, 1.82) is 0 Å². The lowest BCUT2D eigenvalue weighted by Crippen LogP contribution is -2.36. The number of hydrogen-bond donors (Lipinski definition) is 1. The van der Waals surface area contributed by atoms with Crippen LogP contribution in [-0.4, -0.2) is 50.2 Å².